The minimum atomic E-state index is -4.00. The van der Waals surface area contributed by atoms with Gasteiger partial charge in [-0.25, -0.2) is 21.9 Å². The fourth-order valence-electron chi connectivity index (χ4n) is 1.51. The first kappa shape index (κ1) is 16.5. The third-order valence-electron chi connectivity index (χ3n) is 2.67. The van der Waals surface area contributed by atoms with Crippen LogP contribution in [0.15, 0.2) is 23.1 Å². The summed E-state index contributed by atoms with van der Waals surface area (Å²) < 4.78 is 51.6. The molecule has 0 aliphatic carbocycles. The van der Waals surface area contributed by atoms with E-state index in [1.807, 2.05) is 0 Å². The molecule has 5 nitrogen and oxygen atoms in total. The van der Waals surface area contributed by atoms with Gasteiger partial charge in [0.05, 0.1) is 10.8 Å². The molecule has 112 valence electrons. The predicted molar refractivity (Wildman–Crippen MR) is 67.6 cm³/mol. The molecule has 0 saturated heterocycles. The number of halogens is 2. The molecule has 8 heteroatoms. The van der Waals surface area contributed by atoms with Gasteiger partial charge in [0.25, 0.3) is 0 Å². The van der Waals surface area contributed by atoms with E-state index in [0.29, 0.717) is 31.0 Å². The molecule has 0 saturated carbocycles. The molecule has 0 aliphatic rings. The molecular formula is C12H15F2NO4S. The van der Waals surface area contributed by atoms with Gasteiger partial charge in [-0.05, 0) is 25.0 Å². The minimum absolute atomic E-state index is 0.00190. The molecule has 1 unspecified atom stereocenters. The van der Waals surface area contributed by atoms with Crippen molar-refractivity contribution in [2.75, 3.05) is 6.54 Å². The average Bonchev–Trinajstić information content (AvgIpc) is 2.33. The Morgan fingerprint density at radius 1 is 1.30 bits per heavy atom. The molecule has 1 atom stereocenters. The lowest BCUT2D eigenvalue weighted by molar-refractivity contribution is -0.141. The van der Waals surface area contributed by atoms with Gasteiger partial charge in [-0.2, -0.15) is 0 Å². The number of hydrogen-bond donors (Lipinski definition) is 2. The van der Waals surface area contributed by atoms with Crippen LogP contribution in [-0.2, 0) is 14.8 Å². The number of benzene rings is 1. The normalized spacial score (nSPS) is 13.2. The topological polar surface area (TPSA) is 83.5 Å². The van der Waals surface area contributed by atoms with Gasteiger partial charge in [0.1, 0.15) is 11.6 Å². The molecule has 0 fully saturated rings. The maximum atomic E-state index is 12.9. The van der Waals surface area contributed by atoms with Crippen molar-refractivity contribution in [3.8, 4) is 0 Å². The molecule has 0 aromatic heterocycles. The highest BCUT2D eigenvalue weighted by Gasteiger charge is 2.16. The lowest BCUT2D eigenvalue weighted by atomic mass is 10.1. The molecule has 0 bridgehead atoms. The number of nitrogens with one attached hydrogen (secondary N) is 1. The summed E-state index contributed by atoms with van der Waals surface area (Å²) in [6, 6.07) is 2.00. The summed E-state index contributed by atoms with van der Waals surface area (Å²) in [4.78, 5) is 10.1. The summed E-state index contributed by atoms with van der Waals surface area (Å²) in [6.45, 7) is 1.51. The van der Waals surface area contributed by atoms with E-state index < -0.39 is 38.4 Å². The molecule has 1 aromatic rings. The smallest absolute Gasteiger partial charge is 0.306 e. The van der Waals surface area contributed by atoms with Crippen molar-refractivity contribution in [3.05, 3.63) is 29.8 Å². The van der Waals surface area contributed by atoms with Crippen LogP contribution in [-0.4, -0.2) is 26.0 Å². The van der Waals surface area contributed by atoms with E-state index in [4.69, 9.17) is 5.11 Å². The summed E-state index contributed by atoms with van der Waals surface area (Å²) in [6.07, 6.45) is 0.611. The Hall–Kier alpha value is -1.54. The largest absolute Gasteiger partial charge is 0.481 e. The van der Waals surface area contributed by atoms with Crippen LogP contribution in [0.5, 0.6) is 0 Å². The first-order valence-electron chi connectivity index (χ1n) is 5.91. The lowest BCUT2D eigenvalue weighted by Gasteiger charge is -2.08. The average molecular weight is 307 g/mol. The van der Waals surface area contributed by atoms with E-state index >= 15 is 0 Å². The summed E-state index contributed by atoms with van der Waals surface area (Å²) in [5.41, 5.74) is 0. The first-order chi connectivity index (χ1) is 9.22. The van der Waals surface area contributed by atoms with Crippen molar-refractivity contribution in [1.29, 1.82) is 0 Å². The quantitative estimate of drug-likeness (QED) is 0.752. The van der Waals surface area contributed by atoms with E-state index in [1.54, 1.807) is 0 Å². The number of aliphatic carboxylic acids is 1. The van der Waals surface area contributed by atoms with Crippen molar-refractivity contribution in [2.24, 2.45) is 5.92 Å². The monoisotopic (exact) mass is 307 g/mol. The Balaban J connectivity index is 2.60. The zero-order chi connectivity index (χ0) is 15.3. The number of rotatable bonds is 7. The summed E-state index contributed by atoms with van der Waals surface area (Å²) in [5.74, 6) is -3.50. The standard InChI is InChI=1S/C12H15F2NO4S/c1-8(12(16)17)3-2-4-15-20(18,19)11-6-9(13)5-10(14)7-11/h5-8,15H,2-4H2,1H3,(H,16,17). The number of sulfonamides is 1. The van der Waals surface area contributed by atoms with Crippen molar-refractivity contribution in [2.45, 2.75) is 24.7 Å². The van der Waals surface area contributed by atoms with E-state index in [1.165, 1.54) is 6.92 Å². The zero-order valence-electron chi connectivity index (χ0n) is 10.8. The van der Waals surface area contributed by atoms with Crippen molar-refractivity contribution >= 4 is 16.0 Å². The van der Waals surface area contributed by atoms with E-state index in [0.717, 1.165) is 0 Å². The van der Waals surface area contributed by atoms with Crippen LogP contribution in [0, 0.1) is 17.6 Å². The van der Waals surface area contributed by atoms with Gasteiger partial charge >= 0.3 is 5.97 Å². The Labute approximate surface area is 115 Å². The van der Waals surface area contributed by atoms with Gasteiger partial charge in [0.2, 0.25) is 10.0 Å². The molecule has 0 amide bonds. The second kappa shape index (κ2) is 6.76. The van der Waals surface area contributed by atoms with Crippen LogP contribution in [0.4, 0.5) is 8.78 Å². The molecule has 0 heterocycles. The second-order valence-electron chi connectivity index (χ2n) is 4.38. The Kier molecular flexibility index (Phi) is 5.58. The van der Waals surface area contributed by atoms with Crippen LogP contribution in [0.1, 0.15) is 19.8 Å². The summed E-state index contributed by atoms with van der Waals surface area (Å²) in [7, 11) is -4.00. The van der Waals surface area contributed by atoms with Gasteiger partial charge in [0.15, 0.2) is 0 Å². The molecule has 1 aromatic carbocycles. The maximum absolute atomic E-state index is 12.9. The molecule has 0 aliphatic heterocycles. The Bertz CT molecular complexity index is 569. The van der Waals surface area contributed by atoms with Crippen molar-refractivity contribution in [1.82, 2.24) is 4.72 Å². The van der Waals surface area contributed by atoms with Gasteiger partial charge in [-0.1, -0.05) is 6.92 Å². The van der Waals surface area contributed by atoms with Crippen LogP contribution >= 0.6 is 0 Å². The molecule has 20 heavy (non-hydrogen) atoms. The highest BCUT2D eigenvalue weighted by atomic mass is 32.2. The van der Waals surface area contributed by atoms with Gasteiger partial charge < -0.3 is 5.11 Å². The maximum Gasteiger partial charge on any atom is 0.306 e. The fraction of sp³-hybridized carbons (Fsp3) is 0.417. The lowest BCUT2D eigenvalue weighted by Crippen LogP contribution is -2.25. The number of carbonyl (C=O) groups is 1. The van der Waals surface area contributed by atoms with Gasteiger partial charge in [-0.15, -0.1) is 0 Å². The Morgan fingerprint density at radius 2 is 1.85 bits per heavy atom. The number of carboxylic acid groups (broad SMARTS) is 1. The first-order valence-corrected chi connectivity index (χ1v) is 7.39. The third-order valence-corrected chi connectivity index (χ3v) is 4.11. The van der Waals surface area contributed by atoms with Crippen molar-refractivity contribution in [3.63, 3.8) is 0 Å². The van der Waals surface area contributed by atoms with E-state index in [-0.39, 0.29) is 6.54 Å². The number of hydrogen-bond acceptors (Lipinski definition) is 3. The van der Waals surface area contributed by atoms with Gasteiger partial charge in [-0.3, -0.25) is 4.79 Å². The Morgan fingerprint density at radius 3 is 2.35 bits per heavy atom. The fourth-order valence-corrected chi connectivity index (χ4v) is 2.62. The SMILES string of the molecule is CC(CCCNS(=O)(=O)c1cc(F)cc(F)c1)C(=O)O. The molecule has 0 spiro atoms. The van der Waals surface area contributed by atoms with Crippen LogP contribution in [0.25, 0.3) is 0 Å². The highest BCUT2D eigenvalue weighted by molar-refractivity contribution is 7.89. The molecular weight excluding hydrogens is 292 g/mol. The van der Waals surface area contributed by atoms with Crippen LogP contribution < -0.4 is 4.72 Å². The molecule has 0 radical (unpaired) electrons. The van der Waals surface area contributed by atoms with Crippen LogP contribution in [0.2, 0.25) is 0 Å². The summed E-state index contributed by atoms with van der Waals surface area (Å²) in [5, 5.41) is 8.66. The van der Waals surface area contributed by atoms with Crippen molar-refractivity contribution < 1.29 is 27.1 Å². The minimum Gasteiger partial charge on any atom is -0.481 e. The molecule has 2 N–H and O–H groups in total. The van der Waals surface area contributed by atoms with Crippen LogP contribution in [0.3, 0.4) is 0 Å². The second-order valence-corrected chi connectivity index (χ2v) is 6.15. The third kappa shape index (κ3) is 4.86. The van der Waals surface area contributed by atoms with E-state index in [2.05, 4.69) is 4.72 Å². The number of carboxylic acids is 1. The van der Waals surface area contributed by atoms with Gasteiger partial charge in [0, 0.05) is 12.6 Å². The highest BCUT2D eigenvalue weighted by Crippen LogP contribution is 2.13. The zero-order valence-corrected chi connectivity index (χ0v) is 11.6. The predicted octanol–water partition coefficient (Wildman–Crippen LogP) is 1.74. The molecule has 1 rings (SSSR count). The summed E-state index contributed by atoms with van der Waals surface area (Å²) >= 11 is 0. The van der Waals surface area contributed by atoms with E-state index in [9.17, 15) is 22.0 Å².